The van der Waals surface area contributed by atoms with E-state index in [9.17, 15) is 0 Å². The van der Waals surface area contributed by atoms with Crippen LogP contribution in [0.4, 0.5) is 11.5 Å². The molecule has 2 heterocycles. The number of nitrogens with zero attached hydrogens (tertiary/aromatic N) is 3. The highest BCUT2D eigenvalue weighted by atomic mass is 16.3. The van der Waals surface area contributed by atoms with Crippen LogP contribution in [0.2, 0.25) is 0 Å². The molecule has 2 aromatic rings. The molecule has 2 N–H and O–H groups in total. The fourth-order valence-electron chi connectivity index (χ4n) is 1.96. The third-order valence-corrected chi connectivity index (χ3v) is 2.85. The predicted octanol–water partition coefficient (Wildman–Crippen LogP) is 1.93. The summed E-state index contributed by atoms with van der Waals surface area (Å²) in [7, 11) is 1.91. The van der Waals surface area contributed by atoms with Crippen molar-refractivity contribution in [3.63, 3.8) is 0 Å². The van der Waals surface area contributed by atoms with Gasteiger partial charge in [0.05, 0.1) is 24.2 Å². The highest BCUT2D eigenvalue weighted by Crippen LogP contribution is 2.26. The van der Waals surface area contributed by atoms with Gasteiger partial charge in [0.15, 0.2) is 5.82 Å². The Kier molecular flexibility index (Phi) is 3.08. The molecule has 0 spiro atoms. The molecule has 0 saturated carbocycles. The molecule has 0 bridgehead atoms. The number of nitrogen functional groups attached to an aromatic ring is 1. The largest absolute Gasteiger partial charge is 0.467 e. The molecular weight excluding hydrogens is 216 g/mol. The van der Waals surface area contributed by atoms with Gasteiger partial charge in [-0.3, -0.25) is 4.68 Å². The van der Waals surface area contributed by atoms with Gasteiger partial charge in [0, 0.05) is 13.6 Å². The van der Waals surface area contributed by atoms with E-state index >= 15 is 0 Å². The zero-order chi connectivity index (χ0) is 12.4. The van der Waals surface area contributed by atoms with Gasteiger partial charge < -0.3 is 15.1 Å². The first-order chi connectivity index (χ1) is 8.13. The van der Waals surface area contributed by atoms with Gasteiger partial charge >= 0.3 is 0 Å². The van der Waals surface area contributed by atoms with Gasteiger partial charge in [-0.25, -0.2) is 0 Å². The fraction of sp³-hybridized carbons (Fsp3) is 0.417. The van der Waals surface area contributed by atoms with Crippen LogP contribution in [0.3, 0.4) is 0 Å². The van der Waals surface area contributed by atoms with E-state index in [1.165, 1.54) is 0 Å². The molecule has 0 aliphatic heterocycles. The van der Waals surface area contributed by atoms with Crippen molar-refractivity contribution in [1.29, 1.82) is 0 Å². The van der Waals surface area contributed by atoms with Crippen LogP contribution in [-0.2, 0) is 13.6 Å². The summed E-state index contributed by atoms with van der Waals surface area (Å²) in [6.07, 6.45) is 1.68. The standard InChI is InChI=1S/C12H18N4O/c1-4-16(8-10-6-5-7-17-10)12-11(13)9(2)14-15(12)3/h5-7H,4,8,13H2,1-3H3. The van der Waals surface area contributed by atoms with Crippen molar-refractivity contribution in [3.05, 3.63) is 29.9 Å². The molecule has 0 unspecified atom stereocenters. The topological polar surface area (TPSA) is 60.2 Å². The zero-order valence-corrected chi connectivity index (χ0v) is 10.5. The van der Waals surface area contributed by atoms with Gasteiger partial charge in [-0.1, -0.05) is 0 Å². The van der Waals surface area contributed by atoms with Gasteiger partial charge in [-0.05, 0) is 26.0 Å². The normalized spacial score (nSPS) is 10.8. The highest BCUT2D eigenvalue weighted by Gasteiger charge is 2.17. The minimum atomic E-state index is 0.701. The Labute approximate surface area is 101 Å². The van der Waals surface area contributed by atoms with Crippen LogP contribution in [0.1, 0.15) is 18.4 Å². The summed E-state index contributed by atoms with van der Waals surface area (Å²) in [6, 6.07) is 3.85. The third-order valence-electron chi connectivity index (χ3n) is 2.85. The van der Waals surface area contributed by atoms with Crippen LogP contribution >= 0.6 is 0 Å². The summed E-state index contributed by atoms with van der Waals surface area (Å²) in [6.45, 7) is 5.56. The molecule has 2 rings (SSSR count). The molecule has 0 aromatic carbocycles. The molecule has 92 valence electrons. The predicted molar refractivity (Wildman–Crippen MR) is 67.8 cm³/mol. The second kappa shape index (κ2) is 4.53. The van der Waals surface area contributed by atoms with Crippen molar-refractivity contribution in [2.24, 2.45) is 7.05 Å². The molecule has 2 aromatic heterocycles. The molecule has 17 heavy (non-hydrogen) atoms. The molecule has 5 nitrogen and oxygen atoms in total. The van der Waals surface area contributed by atoms with E-state index in [1.807, 2.05) is 30.8 Å². The summed E-state index contributed by atoms with van der Waals surface area (Å²) in [5.74, 6) is 1.87. The highest BCUT2D eigenvalue weighted by molar-refractivity contribution is 5.66. The molecule has 0 amide bonds. The van der Waals surface area contributed by atoms with E-state index in [-0.39, 0.29) is 0 Å². The van der Waals surface area contributed by atoms with Gasteiger partial charge in [-0.15, -0.1) is 0 Å². The Morgan fingerprint density at radius 3 is 2.76 bits per heavy atom. The number of hydrogen-bond acceptors (Lipinski definition) is 4. The summed E-state index contributed by atoms with van der Waals surface area (Å²) in [5.41, 5.74) is 7.65. The van der Waals surface area contributed by atoms with Gasteiger partial charge in [0.1, 0.15) is 5.76 Å². The molecule has 0 aliphatic rings. The van der Waals surface area contributed by atoms with Gasteiger partial charge in [0.2, 0.25) is 0 Å². The molecule has 0 aliphatic carbocycles. The summed E-state index contributed by atoms with van der Waals surface area (Å²) >= 11 is 0. The molecular formula is C12H18N4O. The lowest BCUT2D eigenvalue weighted by atomic mass is 10.3. The van der Waals surface area contributed by atoms with E-state index in [4.69, 9.17) is 10.2 Å². The maximum absolute atomic E-state index is 6.05. The van der Waals surface area contributed by atoms with Crippen molar-refractivity contribution in [2.75, 3.05) is 17.2 Å². The molecule has 0 radical (unpaired) electrons. The molecule has 0 fully saturated rings. The fourth-order valence-corrected chi connectivity index (χ4v) is 1.96. The average molecular weight is 234 g/mol. The van der Waals surface area contributed by atoms with Crippen LogP contribution in [0.5, 0.6) is 0 Å². The van der Waals surface area contributed by atoms with E-state index in [2.05, 4.69) is 16.9 Å². The summed E-state index contributed by atoms with van der Waals surface area (Å²) < 4.78 is 7.18. The molecule has 5 heteroatoms. The van der Waals surface area contributed by atoms with Crippen molar-refractivity contribution < 1.29 is 4.42 Å². The third kappa shape index (κ3) is 2.13. The van der Waals surface area contributed by atoms with Gasteiger partial charge in [0.25, 0.3) is 0 Å². The van der Waals surface area contributed by atoms with E-state index in [0.717, 1.165) is 29.5 Å². The first kappa shape index (κ1) is 11.6. The number of aryl methyl sites for hydroxylation is 2. The van der Waals surface area contributed by atoms with Crippen molar-refractivity contribution in [1.82, 2.24) is 9.78 Å². The number of aromatic nitrogens is 2. The first-order valence-electron chi connectivity index (χ1n) is 5.69. The van der Waals surface area contributed by atoms with Gasteiger partial charge in [-0.2, -0.15) is 5.10 Å². The zero-order valence-electron chi connectivity index (χ0n) is 10.5. The van der Waals surface area contributed by atoms with Crippen molar-refractivity contribution >= 4 is 11.5 Å². The number of nitrogens with two attached hydrogens (primary N) is 1. The number of rotatable bonds is 4. The number of hydrogen-bond donors (Lipinski definition) is 1. The maximum atomic E-state index is 6.05. The Balaban J connectivity index is 2.29. The summed E-state index contributed by atoms with van der Waals surface area (Å²) in [5, 5.41) is 4.33. The SMILES string of the molecule is CCN(Cc1ccco1)c1c(N)c(C)nn1C. The van der Waals surface area contributed by atoms with Crippen LogP contribution in [0.15, 0.2) is 22.8 Å². The smallest absolute Gasteiger partial charge is 0.150 e. The lowest BCUT2D eigenvalue weighted by molar-refractivity contribution is 0.501. The Morgan fingerprint density at radius 1 is 1.53 bits per heavy atom. The van der Waals surface area contributed by atoms with Crippen LogP contribution in [0, 0.1) is 6.92 Å². The van der Waals surface area contributed by atoms with E-state index < -0.39 is 0 Å². The molecule has 0 atom stereocenters. The Hall–Kier alpha value is -1.91. The number of furan rings is 1. The lowest BCUT2D eigenvalue weighted by Gasteiger charge is -2.22. The van der Waals surface area contributed by atoms with E-state index in [1.54, 1.807) is 6.26 Å². The monoisotopic (exact) mass is 234 g/mol. The Bertz CT molecular complexity index is 487. The minimum absolute atomic E-state index is 0.701. The lowest BCUT2D eigenvalue weighted by Crippen LogP contribution is -2.25. The maximum Gasteiger partial charge on any atom is 0.150 e. The minimum Gasteiger partial charge on any atom is -0.467 e. The van der Waals surface area contributed by atoms with Crippen molar-refractivity contribution in [2.45, 2.75) is 20.4 Å². The molecule has 0 saturated heterocycles. The first-order valence-corrected chi connectivity index (χ1v) is 5.69. The summed E-state index contributed by atoms with van der Waals surface area (Å²) in [4.78, 5) is 2.15. The average Bonchev–Trinajstić information content (AvgIpc) is 2.87. The van der Waals surface area contributed by atoms with Crippen LogP contribution in [0.25, 0.3) is 0 Å². The second-order valence-corrected chi connectivity index (χ2v) is 4.04. The Morgan fingerprint density at radius 2 is 2.29 bits per heavy atom. The van der Waals surface area contributed by atoms with Crippen LogP contribution < -0.4 is 10.6 Å². The van der Waals surface area contributed by atoms with E-state index in [0.29, 0.717) is 6.54 Å². The quantitative estimate of drug-likeness (QED) is 0.878. The van der Waals surface area contributed by atoms with Crippen LogP contribution in [-0.4, -0.2) is 16.3 Å². The van der Waals surface area contributed by atoms with Crippen molar-refractivity contribution in [3.8, 4) is 0 Å². The number of anilines is 2. The second-order valence-electron chi connectivity index (χ2n) is 4.04.